The van der Waals surface area contributed by atoms with Gasteiger partial charge in [0.15, 0.2) is 0 Å². The van der Waals surface area contributed by atoms with Crippen molar-refractivity contribution in [1.29, 1.82) is 0 Å². The second-order valence-electron chi connectivity index (χ2n) is 5.29. The zero-order chi connectivity index (χ0) is 15.8. The Hall–Kier alpha value is -2.29. The van der Waals surface area contributed by atoms with Crippen LogP contribution in [0, 0.1) is 0 Å². The average molecular weight is 339 g/mol. The number of rotatable bonds is 2. The van der Waals surface area contributed by atoms with Gasteiger partial charge in [-0.25, -0.2) is 0 Å². The number of nitrogens with one attached hydrogen (secondary N) is 1. The Balaban J connectivity index is 1.77. The highest BCUT2D eigenvalue weighted by molar-refractivity contribution is 6.42. The van der Waals surface area contributed by atoms with Crippen molar-refractivity contribution in [2.45, 2.75) is 0 Å². The minimum atomic E-state index is 0.504. The van der Waals surface area contributed by atoms with Crippen molar-refractivity contribution < 1.29 is 0 Å². The third-order valence-corrected chi connectivity index (χ3v) is 4.61. The molecule has 4 rings (SSSR count). The van der Waals surface area contributed by atoms with Crippen LogP contribution in [0.5, 0.6) is 0 Å². The van der Waals surface area contributed by atoms with E-state index in [4.69, 9.17) is 23.2 Å². The summed E-state index contributed by atoms with van der Waals surface area (Å²) >= 11 is 12.0. The van der Waals surface area contributed by atoms with E-state index in [1.54, 1.807) is 12.1 Å². The molecule has 0 aliphatic heterocycles. The zero-order valence-corrected chi connectivity index (χ0v) is 13.6. The van der Waals surface area contributed by atoms with Gasteiger partial charge in [-0.05, 0) is 29.3 Å². The van der Waals surface area contributed by atoms with Crippen LogP contribution in [-0.4, -0.2) is 5.71 Å². The van der Waals surface area contributed by atoms with Crippen LogP contribution in [0.1, 0.15) is 11.1 Å². The maximum absolute atomic E-state index is 6.05. The predicted octanol–water partition coefficient (Wildman–Crippen LogP) is 5.84. The molecule has 112 valence electrons. The fraction of sp³-hybridized carbons (Fsp3) is 0. The molecule has 4 heteroatoms. The lowest BCUT2D eigenvalue weighted by Crippen LogP contribution is -2.02. The number of halogens is 2. The van der Waals surface area contributed by atoms with Crippen LogP contribution in [0.4, 0.5) is 5.69 Å². The van der Waals surface area contributed by atoms with Crippen LogP contribution in [0.2, 0.25) is 10.0 Å². The second-order valence-corrected chi connectivity index (χ2v) is 6.11. The minimum absolute atomic E-state index is 0.504. The molecule has 1 aliphatic carbocycles. The summed E-state index contributed by atoms with van der Waals surface area (Å²) in [5.41, 5.74) is 9.48. The first-order valence-corrected chi connectivity index (χ1v) is 7.97. The molecule has 3 aromatic rings. The van der Waals surface area contributed by atoms with Gasteiger partial charge in [0.1, 0.15) is 0 Å². The van der Waals surface area contributed by atoms with Crippen molar-refractivity contribution in [3.63, 3.8) is 0 Å². The molecular weight excluding hydrogens is 327 g/mol. The largest absolute Gasteiger partial charge is 0.278 e. The lowest BCUT2D eigenvalue weighted by atomic mass is 10.1. The molecule has 3 aromatic carbocycles. The molecular formula is C19H12Cl2N2. The maximum atomic E-state index is 6.05. The number of fused-ring (bicyclic) bond motifs is 3. The summed E-state index contributed by atoms with van der Waals surface area (Å²) < 4.78 is 0. The lowest BCUT2D eigenvalue weighted by molar-refractivity contribution is 1.33. The van der Waals surface area contributed by atoms with E-state index in [1.165, 1.54) is 11.1 Å². The van der Waals surface area contributed by atoms with Gasteiger partial charge in [-0.15, -0.1) is 0 Å². The Morgan fingerprint density at radius 2 is 1.22 bits per heavy atom. The second kappa shape index (κ2) is 5.73. The molecule has 0 heterocycles. The number of nitrogens with zero attached hydrogens (tertiary/aromatic N) is 1. The molecule has 0 atom stereocenters. The summed E-state index contributed by atoms with van der Waals surface area (Å²) in [5.74, 6) is 0. The summed E-state index contributed by atoms with van der Waals surface area (Å²) in [5, 5.41) is 5.64. The van der Waals surface area contributed by atoms with Gasteiger partial charge in [-0.2, -0.15) is 5.10 Å². The first-order valence-electron chi connectivity index (χ1n) is 7.22. The summed E-state index contributed by atoms with van der Waals surface area (Å²) in [6, 6.07) is 21.9. The van der Waals surface area contributed by atoms with Crippen molar-refractivity contribution in [2.24, 2.45) is 5.10 Å². The highest BCUT2D eigenvalue weighted by Crippen LogP contribution is 2.36. The van der Waals surface area contributed by atoms with E-state index in [0.717, 1.165) is 22.5 Å². The van der Waals surface area contributed by atoms with Crippen LogP contribution in [0.25, 0.3) is 11.1 Å². The standard InChI is InChI=1S/C19H12Cl2N2/c20-17-10-9-12(11-18(17)21)22-23-19-15-7-3-1-5-13(15)14-6-2-4-8-16(14)19/h1-11,22H. The van der Waals surface area contributed by atoms with Crippen LogP contribution in [0.3, 0.4) is 0 Å². The SMILES string of the molecule is Clc1ccc(NN=C2c3ccccc3-c3ccccc32)cc1Cl. The van der Waals surface area contributed by atoms with Gasteiger partial charge in [0, 0.05) is 11.1 Å². The van der Waals surface area contributed by atoms with E-state index in [2.05, 4.69) is 34.8 Å². The molecule has 0 saturated heterocycles. The number of benzene rings is 3. The Bertz CT molecular complexity index is 885. The van der Waals surface area contributed by atoms with Gasteiger partial charge in [-0.1, -0.05) is 71.7 Å². The zero-order valence-electron chi connectivity index (χ0n) is 12.1. The third-order valence-electron chi connectivity index (χ3n) is 3.87. The summed E-state index contributed by atoms with van der Waals surface area (Å²) in [6.07, 6.45) is 0. The molecule has 0 aromatic heterocycles. The molecule has 23 heavy (non-hydrogen) atoms. The number of hydrogen-bond donors (Lipinski definition) is 1. The topological polar surface area (TPSA) is 24.4 Å². The average Bonchev–Trinajstić information content (AvgIpc) is 2.90. The van der Waals surface area contributed by atoms with Crippen LogP contribution in [0.15, 0.2) is 71.8 Å². The van der Waals surface area contributed by atoms with Gasteiger partial charge in [-0.3, -0.25) is 5.43 Å². The molecule has 0 radical (unpaired) electrons. The van der Waals surface area contributed by atoms with E-state index < -0.39 is 0 Å². The maximum Gasteiger partial charge on any atom is 0.0990 e. The van der Waals surface area contributed by atoms with E-state index >= 15 is 0 Å². The normalized spacial score (nSPS) is 11.8. The van der Waals surface area contributed by atoms with Crippen LogP contribution in [-0.2, 0) is 0 Å². The van der Waals surface area contributed by atoms with Crippen molar-refractivity contribution in [1.82, 2.24) is 0 Å². The van der Waals surface area contributed by atoms with Crippen molar-refractivity contribution in [3.05, 3.63) is 87.9 Å². The molecule has 0 saturated carbocycles. The van der Waals surface area contributed by atoms with Gasteiger partial charge in [0.05, 0.1) is 21.4 Å². The van der Waals surface area contributed by atoms with E-state index in [1.807, 2.05) is 30.3 Å². The predicted molar refractivity (Wildman–Crippen MR) is 97.6 cm³/mol. The van der Waals surface area contributed by atoms with Crippen LogP contribution >= 0.6 is 23.2 Å². The highest BCUT2D eigenvalue weighted by atomic mass is 35.5. The first-order chi connectivity index (χ1) is 11.2. The van der Waals surface area contributed by atoms with Crippen LogP contribution < -0.4 is 5.43 Å². The Kier molecular flexibility index (Phi) is 3.56. The molecule has 0 unspecified atom stereocenters. The van der Waals surface area contributed by atoms with Gasteiger partial charge >= 0.3 is 0 Å². The highest BCUT2D eigenvalue weighted by Gasteiger charge is 2.23. The van der Waals surface area contributed by atoms with E-state index in [-0.39, 0.29) is 0 Å². The molecule has 0 spiro atoms. The fourth-order valence-corrected chi connectivity index (χ4v) is 3.10. The Morgan fingerprint density at radius 1 is 0.652 bits per heavy atom. The molecule has 0 amide bonds. The third kappa shape index (κ3) is 2.50. The molecule has 1 N–H and O–H groups in total. The Morgan fingerprint density at radius 3 is 1.78 bits per heavy atom. The minimum Gasteiger partial charge on any atom is -0.278 e. The quantitative estimate of drug-likeness (QED) is 0.456. The van der Waals surface area contributed by atoms with E-state index in [9.17, 15) is 0 Å². The van der Waals surface area contributed by atoms with Gasteiger partial charge in [0.2, 0.25) is 0 Å². The summed E-state index contributed by atoms with van der Waals surface area (Å²) in [4.78, 5) is 0. The first kappa shape index (κ1) is 14.3. The number of anilines is 1. The Labute approximate surface area is 144 Å². The van der Waals surface area contributed by atoms with Gasteiger partial charge in [0.25, 0.3) is 0 Å². The number of hydrogen-bond acceptors (Lipinski definition) is 2. The lowest BCUT2D eigenvalue weighted by Gasteiger charge is -2.05. The molecule has 0 fully saturated rings. The van der Waals surface area contributed by atoms with Crippen molar-refractivity contribution >= 4 is 34.6 Å². The smallest absolute Gasteiger partial charge is 0.0990 e. The molecule has 2 nitrogen and oxygen atoms in total. The monoisotopic (exact) mass is 338 g/mol. The molecule has 0 bridgehead atoms. The fourth-order valence-electron chi connectivity index (χ4n) is 2.80. The number of hydrazone groups is 1. The molecule has 1 aliphatic rings. The summed E-state index contributed by atoms with van der Waals surface area (Å²) in [6.45, 7) is 0. The summed E-state index contributed by atoms with van der Waals surface area (Å²) in [7, 11) is 0. The van der Waals surface area contributed by atoms with Crippen molar-refractivity contribution in [3.8, 4) is 11.1 Å². The van der Waals surface area contributed by atoms with Gasteiger partial charge < -0.3 is 0 Å². The van der Waals surface area contributed by atoms with E-state index in [0.29, 0.717) is 10.0 Å². The van der Waals surface area contributed by atoms with Crippen molar-refractivity contribution in [2.75, 3.05) is 5.43 Å².